The predicted molar refractivity (Wildman–Crippen MR) is 51.4 cm³/mol. The summed E-state index contributed by atoms with van der Waals surface area (Å²) < 4.78 is 26.5. The fraction of sp³-hybridized carbons (Fsp3) is 0.700. The first-order chi connectivity index (χ1) is 6.58. The summed E-state index contributed by atoms with van der Waals surface area (Å²) in [6.45, 7) is 6.25. The molecule has 0 bridgehead atoms. The Morgan fingerprint density at radius 2 is 2.14 bits per heavy atom. The summed E-state index contributed by atoms with van der Waals surface area (Å²) in [5.74, 6) is -2.92. The molecule has 0 amide bonds. The maximum Gasteiger partial charge on any atom is 0.253 e. The normalized spacial score (nSPS) is 22.5. The molecule has 1 aromatic heterocycles. The van der Waals surface area contributed by atoms with Crippen LogP contribution >= 0.6 is 0 Å². The van der Waals surface area contributed by atoms with Crippen LogP contribution in [-0.2, 0) is 6.54 Å². The van der Waals surface area contributed by atoms with Gasteiger partial charge in [0, 0.05) is 25.1 Å². The van der Waals surface area contributed by atoms with Crippen molar-refractivity contribution in [2.45, 2.75) is 39.7 Å². The van der Waals surface area contributed by atoms with Gasteiger partial charge in [0.25, 0.3) is 5.92 Å². The highest BCUT2D eigenvalue weighted by molar-refractivity contribution is 5.01. The van der Waals surface area contributed by atoms with E-state index in [1.54, 1.807) is 17.1 Å². The lowest BCUT2D eigenvalue weighted by Crippen LogP contribution is -2.05. The van der Waals surface area contributed by atoms with Crippen LogP contribution in [0, 0.1) is 12.8 Å². The number of hydrogen-bond acceptors (Lipinski definition) is 1. The summed E-state index contributed by atoms with van der Waals surface area (Å²) in [7, 11) is 0. The third kappa shape index (κ3) is 2.53. The third-order valence-electron chi connectivity index (χ3n) is 2.13. The predicted octanol–water partition coefficient (Wildman–Crippen LogP) is 2.87. The summed E-state index contributed by atoms with van der Waals surface area (Å²) in [5.41, 5.74) is 1.01. The van der Waals surface area contributed by atoms with Gasteiger partial charge in [-0.2, -0.15) is 5.10 Å². The fourth-order valence-electron chi connectivity index (χ4n) is 1.26. The van der Waals surface area contributed by atoms with Gasteiger partial charge in [-0.05, 0) is 12.5 Å². The van der Waals surface area contributed by atoms with Crippen LogP contribution in [0.2, 0.25) is 0 Å². The van der Waals surface area contributed by atoms with E-state index in [9.17, 15) is 8.78 Å². The van der Waals surface area contributed by atoms with E-state index >= 15 is 0 Å². The lowest BCUT2D eigenvalue weighted by molar-refractivity contribution is 0.0942. The first-order valence-electron chi connectivity index (χ1n) is 4.95. The van der Waals surface area contributed by atoms with Gasteiger partial charge in [-0.15, -0.1) is 0 Å². The van der Waals surface area contributed by atoms with Crippen molar-refractivity contribution in [2.24, 2.45) is 5.92 Å². The van der Waals surface area contributed by atoms with Crippen LogP contribution in [-0.4, -0.2) is 15.7 Å². The van der Waals surface area contributed by atoms with Crippen molar-refractivity contribution >= 4 is 0 Å². The molecular weight excluding hydrogens is 186 g/mol. The van der Waals surface area contributed by atoms with Crippen molar-refractivity contribution < 1.29 is 8.78 Å². The van der Waals surface area contributed by atoms with Crippen molar-refractivity contribution in [2.75, 3.05) is 0 Å². The van der Waals surface area contributed by atoms with Crippen molar-refractivity contribution in [3.8, 4) is 0 Å². The van der Waals surface area contributed by atoms with Gasteiger partial charge >= 0.3 is 0 Å². The van der Waals surface area contributed by atoms with E-state index in [0.717, 1.165) is 5.56 Å². The van der Waals surface area contributed by atoms with Crippen LogP contribution in [0.3, 0.4) is 0 Å². The second kappa shape index (κ2) is 4.07. The summed E-state index contributed by atoms with van der Waals surface area (Å²) in [5, 5.41) is 3.94. The smallest absolute Gasteiger partial charge is 0.253 e. The quantitative estimate of drug-likeness (QED) is 0.721. The zero-order valence-corrected chi connectivity index (χ0v) is 8.80. The molecule has 4 heteroatoms. The van der Waals surface area contributed by atoms with Gasteiger partial charge in [0.05, 0.1) is 6.20 Å². The average Bonchev–Trinajstić information content (AvgIpc) is 2.56. The van der Waals surface area contributed by atoms with E-state index in [1.165, 1.54) is 0 Å². The Bertz CT molecular complexity index is 294. The second-order valence-corrected chi connectivity index (χ2v) is 3.40. The molecule has 1 unspecified atom stereocenters. The van der Waals surface area contributed by atoms with Crippen molar-refractivity contribution in [1.82, 2.24) is 9.78 Å². The number of halogens is 2. The van der Waals surface area contributed by atoms with Crippen LogP contribution in [0.25, 0.3) is 0 Å². The van der Waals surface area contributed by atoms with Gasteiger partial charge in [0.2, 0.25) is 0 Å². The second-order valence-electron chi connectivity index (χ2n) is 3.40. The molecule has 0 aliphatic heterocycles. The van der Waals surface area contributed by atoms with E-state index < -0.39 is 11.8 Å². The molecule has 0 N–H and O–H groups in total. The maximum atomic E-state index is 12.4. The van der Waals surface area contributed by atoms with E-state index in [0.29, 0.717) is 6.54 Å². The Balaban J connectivity index is 0.000000461. The molecule has 14 heavy (non-hydrogen) atoms. The van der Waals surface area contributed by atoms with Crippen molar-refractivity contribution in [3.63, 3.8) is 0 Å². The number of aromatic nitrogens is 2. The molecule has 2 rings (SSSR count). The topological polar surface area (TPSA) is 17.8 Å². The summed E-state index contributed by atoms with van der Waals surface area (Å²) in [6.07, 6.45) is 3.49. The lowest BCUT2D eigenvalue weighted by atomic mass is 10.4. The molecular formula is C10H16F2N2. The van der Waals surface area contributed by atoms with E-state index in [-0.39, 0.29) is 6.42 Å². The number of alkyl halides is 2. The van der Waals surface area contributed by atoms with Gasteiger partial charge < -0.3 is 0 Å². The zero-order chi connectivity index (χ0) is 10.8. The SMILES string of the molecule is CC.Cc1cnn(CC2CC2(F)F)c1. The summed E-state index contributed by atoms with van der Waals surface area (Å²) in [6, 6.07) is 0. The van der Waals surface area contributed by atoms with Gasteiger partial charge in [-0.1, -0.05) is 13.8 Å². The average molecular weight is 202 g/mol. The molecule has 1 atom stereocenters. The minimum absolute atomic E-state index is 0.0197. The number of hydrogen-bond donors (Lipinski definition) is 0. The Morgan fingerprint density at radius 1 is 1.57 bits per heavy atom. The molecule has 1 fully saturated rings. The number of aryl methyl sites for hydroxylation is 1. The van der Waals surface area contributed by atoms with Crippen LogP contribution in [0.1, 0.15) is 25.8 Å². The highest BCUT2D eigenvalue weighted by Crippen LogP contribution is 2.49. The molecule has 1 heterocycles. The Kier molecular flexibility index (Phi) is 3.24. The van der Waals surface area contributed by atoms with Crippen molar-refractivity contribution in [3.05, 3.63) is 18.0 Å². The summed E-state index contributed by atoms with van der Waals surface area (Å²) in [4.78, 5) is 0. The Labute approximate surface area is 82.9 Å². The molecule has 0 saturated heterocycles. The van der Waals surface area contributed by atoms with Crippen molar-refractivity contribution in [1.29, 1.82) is 0 Å². The van der Waals surface area contributed by atoms with Gasteiger partial charge in [0.15, 0.2) is 0 Å². The largest absolute Gasteiger partial charge is 0.272 e. The van der Waals surface area contributed by atoms with Gasteiger partial charge in [0.1, 0.15) is 0 Å². The third-order valence-corrected chi connectivity index (χ3v) is 2.13. The minimum Gasteiger partial charge on any atom is -0.272 e. The summed E-state index contributed by atoms with van der Waals surface area (Å²) >= 11 is 0. The van der Waals surface area contributed by atoms with Crippen LogP contribution in [0.4, 0.5) is 8.78 Å². The molecule has 0 aromatic carbocycles. The Morgan fingerprint density at radius 3 is 2.50 bits per heavy atom. The fourth-order valence-corrected chi connectivity index (χ4v) is 1.26. The van der Waals surface area contributed by atoms with E-state index in [1.807, 2.05) is 20.8 Å². The standard InChI is InChI=1S/C8H10F2N2.C2H6/c1-6-3-11-12(4-6)5-7-2-8(7,9)10;1-2/h3-4,7H,2,5H2,1H3;1-2H3. The minimum atomic E-state index is -2.43. The molecule has 1 aliphatic carbocycles. The van der Waals surface area contributed by atoms with Crippen LogP contribution in [0.15, 0.2) is 12.4 Å². The number of nitrogens with zero attached hydrogens (tertiary/aromatic N) is 2. The highest BCUT2D eigenvalue weighted by atomic mass is 19.3. The zero-order valence-electron chi connectivity index (χ0n) is 8.80. The van der Waals surface area contributed by atoms with E-state index in [2.05, 4.69) is 5.10 Å². The van der Waals surface area contributed by atoms with Crippen LogP contribution < -0.4 is 0 Å². The highest BCUT2D eigenvalue weighted by Gasteiger charge is 2.56. The lowest BCUT2D eigenvalue weighted by Gasteiger charge is -1.98. The molecule has 1 saturated carbocycles. The van der Waals surface area contributed by atoms with Gasteiger partial charge in [-0.3, -0.25) is 4.68 Å². The van der Waals surface area contributed by atoms with Gasteiger partial charge in [-0.25, -0.2) is 8.78 Å². The maximum absolute atomic E-state index is 12.4. The first-order valence-corrected chi connectivity index (χ1v) is 4.95. The first kappa shape index (κ1) is 11.1. The molecule has 1 aromatic rings. The molecule has 0 radical (unpaired) electrons. The molecule has 2 nitrogen and oxygen atoms in total. The van der Waals surface area contributed by atoms with E-state index in [4.69, 9.17) is 0 Å². The number of rotatable bonds is 2. The Hall–Kier alpha value is -0.930. The molecule has 1 aliphatic rings. The molecule has 80 valence electrons. The monoisotopic (exact) mass is 202 g/mol. The molecule has 0 spiro atoms. The van der Waals surface area contributed by atoms with Crippen LogP contribution in [0.5, 0.6) is 0 Å².